The minimum Gasteiger partial charge on any atom is -0.490 e. The van der Waals surface area contributed by atoms with Crippen LogP contribution in [0.15, 0.2) is 48.5 Å². The Bertz CT molecular complexity index is 809. The third-order valence-corrected chi connectivity index (χ3v) is 5.06. The van der Waals surface area contributed by atoms with Crippen LogP contribution in [0.25, 0.3) is 21.5 Å². The van der Waals surface area contributed by atoms with Crippen molar-refractivity contribution in [2.45, 2.75) is 37.9 Å². The van der Waals surface area contributed by atoms with Gasteiger partial charge in [0, 0.05) is 34.8 Å². The van der Waals surface area contributed by atoms with E-state index in [4.69, 9.17) is 19.7 Å². The van der Waals surface area contributed by atoms with Crippen LogP contribution in [0, 0.1) is 0 Å². The summed E-state index contributed by atoms with van der Waals surface area (Å²) < 4.78 is 12.1. The molecule has 3 aromatic rings. The highest BCUT2D eigenvalue weighted by molar-refractivity contribution is 6.11. The van der Waals surface area contributed by atoms with E-state index in [1.165, 1.54) is 0 Å². The standard InChI is InChI=1S/C24H30O6/c25-13-5-7-17(27)15-29-23-19-9-1-2-10-20(19)24(22-12-4-3-11-21(22)23)30-16-18(28)8-6-14-26/h1-4,9-12,17-18,25-28H,5-8,13-16H2. The molecular formula is C24H30O6. The fourth-order valence-corrected chi connectivity index (χ4v) is 3.54. The average molecular weight is 414 g/mol. The Kier molecular flexibility index (Phi) is 8.28. The summed E-state index contributed by atoms with van der Waals surface area (Å²) in [5, 5.41) is 41.7. The second-order valence-corrected chi connectivity index (χ2v) is 7.41. The van der Waals surface area contributed by atoms with Crippen LogP contribution in [0.1, 0.15) is 25.7 Å². The van der Waals surface area contributed by atoms with E-state index in [1.54, 1.807) is 0 Å². The molecule has 4 N–H and O–H groups in total. The topological polar surface area (TPSA) is 99.4 Å². The van der Waals surface area contributed by atoms with Crippen LogP contribution in [-0.4, -0.2) is 59.1 Å². The van der Waals surface area contributed by atoms with Gasteiger partial charge in [-0.1, -0.05) is 48.5 Å². The molecule has 0 amide bonds. The van der Waals surface area contributed by atoms with Crippen LogP contribution in [0.2, 0.25) is 0 Å². The minimum absolute atomic E-state index is 0.0408. The van der Waals surface area contributed by atoms with E-state index >= 15 is 0 Å². The Balaban J connectivity index is 1.96. The van der Waals surface area contributed by atoms with Crippen molar-refractivity contribution in [3.05, 3.63) is 48.5 Å². The van der Waals surface area contributed by atoms with Gasteiger partial charge in [0.2, 0.25) is 0 Å². The molecule has 2 unspecified atom stereocenters. The molecule has 0 bridgehead atoms. The van der Waals surface area contributed by atoms with Gasteiger partial charge in [-0.15, -0.1) is 0 Å². The lowest BCUT2D eigenvalue weighted by atomic mass is 10.0. The van der Waals surface area contributed by atoms with Crippen LogP contribution in [0.4, 0.5) is 0 Å². The van der Waals surface area contributed by atoms with Gasteiger partial charge in [0.05, 0.1) is 12.2 Å². The number of hydrogen-bond donors (Lipinski definition) is 4. The average Bonchev–Trinajstić information content (AvgIpc) is 2.78. The Morgan fingerprint density at radius 2 is 0.933 bits per heavy atom. The van der Waals surface area contributed by atoms with E-state index in [1.807, 2.05) is 48.5 Å². The lowest BCUT2D eigenvalue weighted by molar-refractivity contribution is 0.0929. The highest BCUT2D eigenvalue weighted by Gasteiger charge is 2.17. The first kappa shape index (κ1) is 22.3. The molecule has 0 radical (unpaired) electrons. The second-order valence-electron chi connectivity index (χ2n) is 7.41. The van der Waals surface area contributed by atoms with Crippen molar-refractivity contribution in [2.75, 3.05) is 26.4 Å². The molecule has 0 aliphatic heterocycles. The summed E-state index contributed by atoms with van der Waals surface area (Å²) in [6, 6.07) is 15.5. The van der Waals surface area contributed by atoms with Gasteiger partial charge < -0.3 is 29.9 Å². The van der Waals surface area contributed by atoms with E-state index in [2.05, 4.69) is 0 Å². The minimum atomic E-state index is -0.660. The van der Waals surface area contributed by atoms with Crippen LogP contribution in [0.3, 0.4) is 0 Å². The smallest absolute Gasteiger partial charge is 0.135 e. The lowest BCUT2D eigenvalue weighted by Gasteiger charge is -2.20. The van der Waals surface area contributed by atoms with Crippen molar-refractivity contribution >= 4 is 21.5 Å². The van der Waals surface area contributed by atoms with E-state index in [0.717, 1.165) is 21.5 Å². The van der Waals surface area contributed by atoms with E-state index in [9.17, 15) is 10.2 Å². The summed E-state index contributed by atoms with van der Waals surface area (Å²) in [6.07, 6.45) is 0.674. The maximum atomic E-state index is 10.2. The summed E-state index contributed by atoms with van der Waals surface area (Å²) in [6.45, 7) is 0.348. The maximum absolute atomic E-state index is 10.2. The summed E-state index contributed by atoms with van der Waals surface area (Å²) in [4.78, 5) is 0. The quantitative estimate of drug-likeness (QED) is 0.340. The molecule has 0 saturated carbocycles. The molecule has 0 heterocycles. The van der Waals surface area contributed by atoms with Crippen LogP contribution < -0.4 is 9.47 Å². The summed E-state index contributed by atoms with van der Waals surface area (Å²) >= 11 is 0. The molecule has 3 aromatic carbocycles. The van der Waals surface area contributed by atoms with Crippen LogP contribution >= 0.6 is 0 Å². The van der Waals surface area contributed by atoms with E-state index in [0.29, 0.717) is 37.2 Å². The van der Waals surface area contributed by atoms with E-state index < -0.39 is 12.2 Å². The normalized spacial score (nSPS) is 13.5. The van der Waals surface area contributed by atoms with Crippen molar-refractivity contribution in [1.29, 1.82) is 0 Å². The fraction of sp³-hybridized carbons (Fsp3) is 0.417. The molecule has 162 valence electrons. The summed E-state index contributed by atoms with van der Waals surface area (Å²) in [7, 11) is 0. The fourth-order valence-electron chi connectivity index (χ4n) is 3.54. The van der Waals surface area contributed by atoms with Gasteiger partial charge >= 0.3 is 0 Å². The summed E-state index contributed by atoms with van der Waals surface area (Å²) in [5.74, 6) is 1.36. The zero-order valence-electron chi connectivity index (χ0n) is 17.0. The van der Waals surface area contributed by atoms with Crippen molar-refractivity contribution < 1.29 is 29.9 Å². The number of rotatable bonds is 12. The van der Waals surface area contributed by atoms with Gasteiger partial charge in [0.25, 0.3) is 0 Å². The highest BCUT2D eigenvalue weighted by Crippen LogP contribution is 2.42. The Morgan fingerprint density at radius 1 is 0.600 bits per heavy atom. The first-order valence-electron chi connectivity index (χ1n) is 10.4. The molecule has 6 nitrogen and oxygen atoms in total. The van der Waals surface area contributed by atoms with Crippen molar-refractivity contribution in [3.8, 4) is 11.5 Å². The molecule has 3 rings (SSSR count). The Labute approximate surface area is 176 Å². The summed E-state index contributed by atoms with van der Waals surface area (Å²) in [5.41, 5.74) is 0. The SMILES string of the molecule is OCCCC(O)COc1c2ccccc2c(OCC(O)CCCO)c2ccccc12. The van der Waals surface area contributed by atoms with Crippen LogP contribution in [0.5, 0.6) is 11.5 Å². The number of aliphatic hydroxyl groups is 4. The second kappa shape index (κ2) is 11.1. The molecule has 2 atom stereocenters. The van der Waals surface area contributed by atoms with Gasteiger partial charge in [0.15, 0.2) is 0 Å². The van der Waals surface area contributed by atoms with Gasteiger partial charge in [0.1, 0.15) is 24.7 Å². The Hall–Kier alpha value is -2.38. The molecular weight excluding hydrogens is 384 g/mol. The zero-order valence-corrected chi connectivity index (χ0v) is 17.0. The van der Waals surface area contributed by atoms with Crippen LogP contribution in [-0.2, 0) is 0 Å². The molecule has 0 aromatic heterocycles. The van der Waals surface area contributed by atoms with Gasteiger partial charge in [-0.05, 0) is 25.7 Å². The number of hydrogen-bond acceptors (Lipinski definition) is 6. The Morgan fingerprint density at radius 3 is 1.23 bits per heavy atom. The molecule has 0 spiro atoms. The monoisotopic (exact) mass is 414 g/mol. The molecule has 0 fully saturated rings. The molecule has 30 heavy (non-hydrogen) atoms. The molecule has 0 saturated heterocycles. The third-order valence-electron chi connectivity index (χ3n) is 5.06. The van der Waals surface area contributed by atoms with E-state index in [-0.39, 0.29) is 26.4 Å². The largest absolute Gasteiger partial charge is 0.490 e. The number of ether oxygens (including phenoxy) is 2. The van der Waals surface area contributed by atoms with Gasteiger partial charge in [-0.2, -0.15) is 0 Å². The number of fused-ring (bicyclic) bond motifs is 2. The van der Waals surface area contributed by atoms with Gasteiger partial charge in [-0.3, -0.25) is 0 Å². The predicted octanol–water partition coefficient (Wildman–Crippen LogP) is 3.02. The first-order valence-corrected chi connectivity index (χ1v) is 10.4. The first-order chi connectivity index (χ1) is 14.7. The highest BCUT2D eigenvalue weighted by atomic mass is 16.5. The zero-order chi connectivity index (χ0) is 21.3. The third kappa shape index (κ3) is 5.40. The van der Waals surface area contributed by atoms with Crippen molar-refractivity contribution in [2.24, 2.45) is 0 Å². The predicted molar refractivity (Wildman–Crippen MR) is 117 cm³/mol. The number of benzene rings is 3. The number of aliphatic hydroxyl groups excluding tert-OH is 4. The molecule has 0 aliphatic rings. The molecule has 6 heteroatoms. The van der Waals surface area contributed by atoms with Gasteiger partial charge in [-0.25, -0.2) is 0 Å². The lowest BCUT2D eigenvalue weighted by Crippen LogP contribution is -2.19. The maximum Gasteiger partial charge on any atom is 0.135 e. The van der Waals surface area contributed by atoms with Crippen molar-refractivity contribution in [1.82, 2.24) is 0 Å². The van der Waals surface area contributed by atoms with Crippen molar-refractivity contribution in [3.63, 3.8) is 0 Å². The molecule has 0 aliphatic carbocycles.